The maximum atomic E-state index is 10.7. The van der Waals surface area contributed by atoms with Gasteiger partial charge in [-0.15, -0.1) is 0 Å². The summed E-state index contributed by atoms with van der Waals surface area (Å²) in [5, 5.41) is 7.68. The molecule has 0 radical (unpaired) electrons. The molecule has 3 N–H and O–H groups in total. The van der Waals surface area contributed by atoms with Gasteiger partial charge < -0.3 is 82.4 Å². The molecule has 91 heavy (non-hydrogen) atoms. The van der Waals surface area contributed by atoms with E-state index < -0.39 is 0 Å². The van der Waals surface area contributed by atoms with Gasteiger partial charge in [0.05, 0.1) is 59.9 Å². The normalized spacial score (nSPS) is 8.87. The Kier molecular flexibility index (Phi) is 94.6. The summed E-state index contributed by atoms with van der Waals surface area (Å²) >= 11 is 0. The highest BCUT2D eigenvalue weighted by atomic mass is 16.6. The van der Waals surface area contributed by atoms with Gasteiger partial charge in [-0.3, -0.25) is 57.5 Å². The minimum atomic E-state index is -0.368. The molecule has 530 valence electrons. The number of nitrogens with one attached hydrogen (secondary N) is 3. The summed E-state index contributed by atoms with van der Waals surface area (Å²) in [7, 11) is 7.79. The highest BCUT2D eigenvalue weighted by Gasteiger charge is 2.01. The number of ether oxygens (including phenoxy) is 12. The van der Waals surface area contributed by atoms with Crippen LogP contribution in [0.3, 0.4) is 0 Å². The zero-order chi connectivity index (χ0) is 72.1. The Labute approximate surface area is 539 Å². The van der Waals surface area contributed by atoms with Gasteiger partial charge in [-0.25, -0.2) is 0 Å². The molecule has 0 fully saturated rings. The lowest BCUT2D eigenvalue weighted by atomic mass is 10.2. The van der Waals surface area contributed by atoms with E-state index in [-0.39, 0.29) is 109 Å². The van der Waals surface area contributed by atoms with E-state index in [2.05, 4.69) is 91.8 Å². The number of esters is 8. The molecule has 0 heterocycles. The fourth-order valence-electron chi connectivity index (χ4n) is 4.43. The van der Waals surface area contributed by atoms with Gasteiger partial charge in [0.15, 0.2) is 0 Å². The third kappa shape index (κ3) is 151. The number of carbonyl (C=O) groups is 14. The highest BCUT2D eigenvalue weighted by Crippen LogP contribution is 1.96. The average Bonchev–Trinajstić information content (AvgIpc) is 3.59. The number of aryl methyl sites for hydroxylation is 1. The Morgan fingerprint density at radius 3 is 0.912 bits per heavy atom. The van der Waals surface area contributed by atoms with Crippen molar-refractivity contribution in [1.29, 1.82) is 0 Å². The maximum absolute atomic E-state index is 10.7. The van der Waals surface area contributed by atoms with Crippen molar-refractivity contribution in [2.24, 2.45) is 0 Å². The zero-order valence-electron chi connectivity index (χ0n) is 57.8. The largest absolute Gasteiger partial charge is 0.469 e. The Hall–Kier alpha value is -7.76. The Bertz CT molecular complexity index is 1770. The Morgan fingerprint density at radius 2 is 0.615 bits per heavy atom. The molecule has 1 aromatic carbocycles. The SMILES string of the molecule is CC(=O)CCCNC(C)=O.CC(=O)CCCOC(C)=O.CC(=O)NCCOC(C)=O.CC(=O)OCCOC(C)=O.CCC(=O)CCCOC(C)=O.COC(=O)CCCOC(C)=O.COCCNC(C)=O.COCCOC.COCCOC(C)=O.Cc1ccccc1. The maximum Gasteiger partial charge on any atom is 0.305 e. The average molecular weight is 1310 g/mol. The van der Waals surface area contributed by atoms with E-state index in [1.54, 1.807) is 35.4 Å². The van der Waals surface area contributed by atoms with E-state index in [4.69, 9.17) is 0 Å². The minimum absolute atomic E-state index is 0.0120. The Balaban J connectivity index is -0.000000118. The first-order chi connectivity index (χ1) is 42.7. The molecule has 0 aliphatic heterocycles. The van der Waals surface area contributed by atoms with Crippen LogP contribution < -0.4 is 16.0 Å². The summed E-state index contributed by atoms with van der Waals surface area (Å²) in [6, 6.07) is 10.3. The van der Waals surface area contributed by atoms with Gasteiger partial charge in [0, 0.05) is 143 Å². The first-order valence-electron chi connectivity index (χ1n) is 28.9. The number of hydrogen-bond acceptors (Lipinski definition) is 26. The molecule has 29 nitrogen and oxygen atoms in total. The van der Waals surface area contributed by atoms with Crippen LogP contribution in [-0.4, -0.2) is 211 Å². The van der Waals surface area contributed by atoms with Gasteiger partial charge in [0.2, 0.25) is 17.7 Å². The molecule has 0 aliphatic carbocycles. The van der Waals surface area contributed by atoms with Crippen LogP contribution in [0.25, 0.3) is 0 Å². The molecule has 0 aromatic heterocycles. The van der Waals surface area contributed by atoms with Crippen LogP contribution in [0.5, 0.6) is 0 Å². The van der Waals surface area contributed by atoms with E-state index >= 15 is 0 Å². The van der Waals surface area contributed by atoms with Crippen molar-refractivity contribution in [1.82, 2.24) is 16.0 Å². The third-order valence-corrected chi connectivity index (χ3v) is 8.60. The van der Waals surface area contributed by atoms with Crippen LogP contribution in [0.4, 0.5) is 0 Å². The number of benzene rings is 1. The molecule has 3 amide bonds. The summed E-state index contributed by atoms with van der Waals surface area (Å²) in [6.45, 7) is 26.6. The smallest absolute Gasteiger partial charge is 0.305 e. The van der Waals surface area contributed by atoms with Crippen LogP contribution in [0.1, 0.15) is 153 Å². The summed E-state index contributed by atoms with van der Waals surface area (Å²) in [4.78, 5) is 144. The standard InChI is InChI=1S/C8H14O3.C7H13NO2.C7H12O4.C7H12O3.C7H8.C6H11NO3.C6H10O4.C5H11NO2.C5H10O3.C4H10O2/c1-3-8(10)5-4-6-11-7(2)9;1-6(9)4-3-5-8-7(2)10;1-6(8)11-5-3-4-7(9)10-2;1-6(8)4-3-5-10-7(2)9;1-7-5-3-2-4-6-7;1-5(8)7-3-4-10-6(2)9;1-5(7)9-3-4-10-6(2)8;1-5(7)6-3-4-8-2;1-5(6)8-4-3-7-2;1-5-3-4-6-2/h3-6H2,1-2H3;3-5H2,1-2H3,(H,8,10);3-5H2,1-2H3;3-5H2,1-2H3;2-6H,1H3;3-4H2,1-2H3,(H,7,8);3-4H2,1-2H3;3-4H2,1-2H3,(H,6,7);3-4H2,1-2H3;3-4H2,1-2H3. The molecule has 0 atom stereocenters. The predicted octanol–water partition coefficient (Wildman–Crippen LogP) is 5.26. The summed E-state index contributed by atoms with van der Waals surface area (Å²) < 4.78 is 54.8. The highest BCUT2D eigenvalue weighted by molar-refractivity contribution is 5.78. The molecule has 1 rings (SSSR count). The van der Waals surface area contributed by atoms with E-state index in [1.165, 1.54) is 88.8 Å². The van der Waals surface area contributed by atoms with Crippen LogP contribution in [0.2, 0.25) is 0 Å². The van der Waals surface area contributed by atoms with Crippen molar-refractivity contribution in [3.63, 3.8) is 0 Å². The van der Waals surface area contributed by atoms with Gasteiger partial charge in [-0.05, 0) is 46.5 Å². The van der Waals surface area contributed by atoms with Gasteiger partial charge in [-0.2, -0.15) is 0 Å². The summed E-state index contributed by atoms with van der Waals surface area (Å²) in [6.07, 6.45) is 4.98. The van der Waals surface area contributed by atoms with E-state index in [1.807, 2.05) is 25.1 Å². The van der Waals surface area contributed by atoms with Crippen molar-refractivity contribution in [3.8, 4) is 0 Å². The topological polar surface area (TPSA) is 386 Å². The van der Waals surface area contributed by atoms with Crippen molar-refractivity contribution < 1.29 is 124 Å². The Morgan fingerprint density at radius 1 is 0.330 bits per heavy atom. The first-order valence-corrected chi connectivity index (χ1v) is 28.9. The lowest BCUT2D eigenvalue weighted by Crippen LogP contribution is -2.24. The number of hydrogen-bond donors (Lipinski definition) is 3. The lowest BCUT2D eigenvalue weighted by Gasteiger charge is -2.00. The number of amides is 3. The lowest BCUT2D eigenvalue weighted by molar-refractivity contribution is -0.149. The quantitative estimate of drug-likeness (QED) is 0.0470. The molecule has 0 saturated heterocycles. The number of ketones is 3. The van der Waals surface area contributed by atoms with Crippen molar-refractivity contribution >= 4 is 82.8 Å². The number of Topliss-reactive ketones (excluding diaryl/α,β-unsaturated/α-hetero) is 3. The molecule has 0 bridgehead atoms. The van der Waals surface area contributed by atoms with E-state index in [9.17, 15) is 67.1 Å². The fourth-order valence-corrected chi connectivity index (χ4v) is 4.43. The van der Waals surface area contributed by atoms with E-state index in [0.717, 1.165) is 6.42 Å². The van der Waals surface area contributed by atoms with Crippen molar-refractivity contribution in [3.05, 3.63) is 35.9 Å². The number of methoxy groups -OCH3 is 5. The van der Waals surface area contributed by atoms with Gasteiger partial charge >= 0.3 is 47.8 Å². The second-order valence-corrected chi connectivity index (χ2v) is 17.7. The van der Waals surface area contributed by atoms with Crippen LogP contribution in [0, 0.1) is 6.92 Å². The van der Waals surface area contributed by atoms with Crippen molar-refractivity contribution in [2.45, 2.75) is 155 Å². The van der Waals surface area contributed by atoms with Crippen LogP contribution >= 0.6 is 0 Å². The summed E-state index contributed by atoms with van der Waals surface area (Å²) in [5.41, 5.74) is 1.32. The predicted molar refractivity (Wildman–Crippen MR) is 337 cm³/mol. The van der Waals surface area contributed by atoms with E-state index in [0.29, 0.717) is 117 Å². The van der Waals surface area contributed by atoms with Gasteiger partial charge in [0.25, 0.3) is 0 Å². The molecular formula is C62H111N3O26. The number of rotatable bonds is 32. The second kappa shape index (κ2) is 84.3. The molecule has 0 aliphatic rings. The zero-order valence-corrected chi connectivity index (χ0v) is 57.8. The van der Waals surface area contributed by atoms with Gasteiger partial charge in [0.1, 0.15) is 43.8 Å². The second-order valence-electron chi connectivity index (χ2n) is 17.7. The summed E-state index contributed by atoms with van der Waals surface area (Å²) in [5.74, 6) is -2.15. The fraction of sp³-hybridized carbons (Fsp3) is 0.677. The molecule has 0 unspecified atom stereocenters. The van der Waals surface area contributed by atoms with Gasteiger partial charge in [-0.1, -0.05) is 42.8 Å². The minimum Gasteiger partial charge on any atom is -0.469 e. The molecular weight excluding hydrogens is 1200 g/mol. The first kappa shape index (κ1) is 102. The molecule has 1 aromatic rings. The van der Waals surface area contributed by atoms with Crippen LogP contribution in [-0.2, 0) is 124 Å². The van der Waals surface area contributed by atoms with Crippen LogP contribution in [0.15, 0.2) is 30.3 Å². The van der Waals surface area contributed by atoms with Crippen molar-refractivity contribution in [2.75, 3.05) is 128 Å². The molecule has 0 spiro atoms. The molecule has 29 heteroatoms. The molecule has 0 saturated carbocycles. The monoisotopic (exact) mass is 1310 g/mol. The third-order valence-electron chi connectivity index (χ3n) is 8.60. The number of carbonyl (C=O) groups excluding carboxylic acids is 14.